The molecule has 0 bridgehead atoms. The van der Waals surface area contributed by atoms with E-state index in [4.69, 9.17) is 10.5 Å². The average molecular weight is 366 g/mol. The molecule has 1 amide bonds. The highest BCUT2D eigenvalue weighted by molar-refractivity contribution is 7.98. The highest BCUT2D eigenvalue weighted by atomic mass is 32.2. The van der Waals surface area contributed by atoms with Gasteiger partial charge in [-0.25, -0.2) is 14.8 Å². The van der Waals surface area contributed by atoms with Gasteiger partial charge in [-0.05, 0) is 18.6 Å². The van der Waals surface area contributed by atoms with Crippen LogP contribution in [0.1, 0.15) is 20.3 Å². The molecule has 2 heterocycles. The predicted octanol–water partition coefficient (Wildman–Crippen LogP) is 0.834. The number of carbonyl (C=O) groups excluding carboxylic acids is 2. The third kappa shape index (κ3) is 4.59. The number of imidazole rings is 1. The Balaban J connectivity index is 2.18. The van der Waals surface area contributed by atoms with E-state index in [0.29, 0.717) is 22.6 Å². The number of nitrogens with one attached hydrogen (secondary N) is 1. The monoisotopic (exact) mass is 366 g/mol. The number of methoxy groups -OCH3 is 1. The molecule has 0 spiro atoms. The van der Waals surface area contributed by atoms with Crippen LogP contribution in [0, 0.1) is 5.92 Å². The Morgan fingerprint density at radius 1 is 1.40 bits per heavy atom. The van der Waals surface area contributed by atoms with E-state index >= 15 is 0 Å². The molecular formula is C15H22N6O3S. The molecule has 10 heteroatoms. The first-order valence-corrected chi connectivity index (χ1v) is 8.97. The summed E-state index contributed by atoms with van der Waals surface area (Å²) in [6.07, 6.45) is 3.86. The lowest BCUT2D eigenvalue weighted by atomic mass is 10.0. The van der Waals surface area contributed by atoms with Crippen molar-refractivity contribution in [2.24, 2.45) is 5.92 Å². The highest BCUT2D eigenvalue weighted by Gasteiger charge is 2.23. The topological polar surface area (TPSA) is 125 Å². The number of ether oxygens (including phenoxy) is 1. The minimum absolute atomic E-state index is 0.0354. The summed E-state index contributed by atoms with van der Waals surface area (Å²) < 4.78 is 6.33. The van der Waals surface area contributed by atoms with Gasteiger partial charge in [-0.3, -0.25) is 4.79 Å². The van der Waals surface area contributed by atoms with Crippen LogP contribution in [-0.2, 0) is 20.9 Å². The third-order valence-corrected chi connectivity index (χ3v) is 4.16. The Hall–Kier alpha value is -2.36. The van der Waals surface area contributed by atoms with Crippen molar-refractivity contribution < 1.29 is 14.3 Å². The summed E-state index contributed by atoms with van der Waals surface area (Å²) in [5.74, 6) is -0.451. The van der Waals surface area contributed by atoms with Crippen LogP contribution in [0.15, 0.2) is 11.4 Å². The number of rotatable bonds is 7. The summed E-state index contributed by atoms with van der Waals surface area (Å²) in [6.45, 7) is 3.90. The quantitative estimate of drug-likeness (QED) is 0.419. The minimum atomic E-state index is -0.686. The maximum atomic E-state index is 12.4. The third-order valence-electron chi connectivity index (χ3n) is 3.48. The lowest BCUT2D eigenvalue weighted by molar-refractivity contribution is -0.145. The van der Waals surface area contributed by atoms with E-state index in [1.165, 1.54) is 25.2 Å². The molecule has 0 fully saturated rings. The Labute approximate surface area is 149 Å². The first kappa shape index (κ1) is 19.0. The number of nitrogens with two attached hydrogens (primary N) is 1. The number of hydrogen-bond acceptors (Lipinski definition) is 8. The lowest BCUT2D eigenvalue weighted by Gasteiger charge is -2.18. The number of carbonyl (C=O) groups is 2. The van der Waals surface area contributed by atoms with Gasteiger partial charge in [-0.15, -0.1) is 11.8 Å². The van der Waals surface area contributed by atoms with Gasteiger partial charge in [0.1, 0.15) is 23.1 Å². The fraction of sp³-hybridized carbons (Fsp3) is 0.533. The van der Waals surface area contributed by atoms with Gasteiger partial charge in [0.05, 0.1) is 13.4 Å². The Morgan fingerprint density at radius 2 is 2.12 bits per heavy atom. The van der Waals surface area contributed by atoms with E-state index in [1.807, 2.05) is 20.1 Å². The first-order valence-electron chi connectivity index (χ1n) is 7.75. The second-order valence-corrected chi connectivity index (χ2v) is 6.70. The van der Waals surface area contributed by atoms with Crippen LogP contribution in [0.3, 0.4) is 0 Å². The van der Waals surface area contributed by atoms with Crippen LogP contribution < -0.4 is 11.1 Å². The molecule has 0 aliphatic heterocycles. The smallest absolute Gasteiger partial charge is 0.328 e. The van der Waals surface area contributed by atoms with Crippen molar-refractivity contribution in [2.75, 3.05) is 19.1 Å². The summed E-state index contributed by atoms with van der Waals surface area (Å²) >= 11 is 1.40. The Morgan fingerprint density at radius 3 is 2.72 bits per heavy atom. The zero-order chi connectivity index (χ0) is 18.6. The van der Waals surface area contributed by atoms with Crippen molar-refractivity contribution in [3.8, 4) is 0 Å². The van der Waals surface area contributed by atoms with Gasteiger partial charge in [-0.1, -0.05) is 13.8 Å². The molecule has 3 N–H and O–H groups in total. The molecule has 1 atom stereocenters. The van der Waals surface area contributed by atoms with Gasteiger partial charge in [-0.2, -0.15) is 4.98 Å². The fourth-order valence-electron chi connectivity index (χ4n) is 2.41. The SMILES string of the molecule is COC(=O)[C@H](CC(C)C)NC(=O)Cn1cnc2c(SC)nc(N)nc21. The van der Waals surface area contributed by atoms with Crippen molar-refractivity contribution in [1.29, 1.82) is 0 Å². The van der Waals surface area contributed by atoms with E-state index in [-0.39, 0.29) is 24.3 Å². The molecule has 2 aromatic heterocycles. The number of nitrogen functional groups attached to an aromatic ring is 1. The van der Waals surface area contributed by atoms with Crippen LogP contribution in [0.4, 0.5) is 5.95 Å². The van der Waals surface area contributed by atoms with Gasteiger partial charge in [0.25, 0.3) is 0 Å². The number of amides is 1. The van der Waals surface area contributed by atoms with Gasteiger partial charge < -0.3 is 20.4 Å². The molecule has 9 nitrogen and oxygen atoms in total. The second kappa shape index (κ2) is 8.15. The van der Waals surface area contributed by atoms with Crippen LogP contribution in [-0.4, -0.2) is 50.8 Å². The van der Waals surface area contributed by atoms with Crippen LogP contribution >= 0.6 is 11.8 Å². The molecule has 136 valence electrons. The fourth-order valence-corrected chi connectivity index (χ4v) is 2.94. The lowest BCUT2D eigenvalue weighted by Crippen LogP contribution is -2.43. The summed E-state index contributed by atoms with van der Waals surface area (Å²) in [7, 11) is 1.30. The zero-order valence-electron chi connectivity index (χ0n) is 14.6. The minimum Gasteiger partial charge on any atom is -0.467 e. The van der Waals surface area contributed by atoms with Gasteiger partial charge in [0, 0.05) is 0 Å². The van der Waals surface area contributed by atoms with Crippen molar-refractivity contribution in [3.05, 3.63) is 6.33 Å². The van der Waals surface area contributed by atoms with E-state index in [9.17, 15) is 9.59 Å². The van der Waals surface area contributed by atoms with Gasteiger partial charge in [0.15, 0.2) is 5.65 Å². The van der Waals surface area contributed by atoms with Crippen molar-refractivity contribution in [2.45, 2.75) is 37.9 Å². The summed E-state index contributed by atoms with van der Waals surface area (Å²) in [5.41, 5.74) is 6.78. The molecule has 0 aliphatic rings. The van der Waals surface area contributed by atoms with Gasteiger partial charge >= 0.3 is 5.97 Å². The number of fused-ring (bicyclic) bond motifs is 1. The number of nitrogens with zero attached hydrogens (tertiary/aromatic N) is 4. The first-order chi connectivity index (χ1) is 11.8. The standard InChI is InChI=1S/C15H22N6O3S/c1-8(2)5-9(14(23)24-3)18-10(22)6-21-7-17-11-12(21)19-15(16)20-13(11)25-4/h7-9H,5-6H2,1-4H3,(H,18,22)(H2,16,19,20)/t9-/m0/s1. The molecule has 0 radical (unpaired) electrons. The van der Waals surface area contributed by atoms with E-state index in [0.717, 1.165) is 0 Å². The number of esters is 1. The van der Waals surface area contributed by atoms with Crippen LogP contribution in [0.2, 0.25) is 0 Å². The Kier molecular flexibility index (Phi) is 6.18. The van der Waals surface area contributed by atoms with Crippen LogP contribution in [0.5, 0.6) is 0 Å². The van der Waals surface area contributed by atoms with E-state index < -0.39 is 12.0 Å². The maximum Gasteiger partial charge on any atom is 0.328 e. The molecule has 0 unspecified atom stereocenters. The van der Waals surface area contributed by atoms with Crippen molar-refractivity contribution in [3.63, 3.8) is 0 Å². The summed E-state index contributed by atoms with van der Waals surface area (Å²) in [6, 6.07) is -0.686. The average Bonchev–Trinajstić information content (AvgIpc) is 2.94. The van der Waals surface area contributed by atoms with E-state index in [2.05, 4.69) is 20.3 Å². The maximum absolute atomic E-state index is 12.4. The molecule has 0 saturated carbocycles. The number of hydrogen-bond donors (Lipinski definition) is 2. The van der Waals surface area contributed by atoms with Gasteiger partial charge in [0.2, 0.25) is 11.9 Å². The zero-order valence-corrected chi connectivity index (χ0v) is 15.5. The molecule has 0 aromatic carbocycles. The number of anilines is 1. The molecule has 0 aliphatic carbocycles. The second-order valence-electron chi connectivity index (χ2n) is 5.91. The highest BCUT2D eigenvalue weighted by Crippen LogP contribution is 2.22. The van der Waals surface area contributed by atoms with Crippen molar-refractivity contribution in [1.82, 2.24) is 24.8 Å². The molecular weight excluding hydrogens is 344 g/mol. The van der Waals surface area contributed by atoms with Crippen LogP contribution in [0.25, 0.3) is 11.2 Å². The molecule has 2 aromatic rings. The molecule has 25 heavy (non-hydrogen) atoms. The molecule has 0 saturated heterocycles. The molecule has 2 rings (SSSR count). The Bertz CT molecular complexity index is 776. The largest absolute Gasteiger partial charge is 0.467 e. The number of aromatic nitrogens is 4. The number of thioether (sulfide) groups is 1. The predicted molar refractivity (Wildman–Crippen MR) is 94.9 cm³/mol. The summed E-state index contributed by atoms with van der Waals surface area (Å²) in [5, 5.41) is 3.35. The summed E-state index contributed by atoms with van der Waals surface area (Å²) in [4.78, 5) is 36.7. The van der Waals surface area contributed by atoms with Crippen molar-refractivity contribution >= 4 is 40.8 Å². The van der Waals surface area contributed by atoms with E-state index in [1.54, 1.807) is 4.57 Å². The normalized spacial score (nSPS) is 12.4.